The molecule has 286 valence electrons. The van der Waals surface area contributed by atoms with Crippen molar-refractivity contribution in [3.05, 3.63) is 224 Å². The maximum absolute atomic E-state index is 9.98. The van der Waals surface area contributed by atoms with Gasteiger partial charge in [-0.25, -0.2) is 0 Å². The summed E-state index contributed by atoms with van der Waals surface area (Å²) < 4.78 is 0. The van der Waals surface area contributed by atoms with Crippen molar-refractivity contribution >= 4 is 5.97 Å². The van der Waals surface area contributed by atoms with Gasteiger partial charge in [-0.3, -0.25) is 0 Å². The SMILES string of the molecule is C1=CCC=C1.C1=CCC=C1.O=C([O-])C1=CC=CC1.[CH3-].[CH3-].[CH3-].[CH3-].[CH3-].[CH3-].[Co+3].[Fe+4].[Ni+2].[O-]C([O-])=C1C=CC=C1.[O-]C([O-])=C1C=CC=C1.[O-]C([O-])=C1C=CC=C1. The van der Waals surface area contributed by atoms with Crippen LogP contribution in [0.2, 0.25) is 0 Å². The van der Waals surface area contributed by atoms with Gasteiger partial charge in [-0.1, -0.05) is 140 Å². The quantitative estimate of drug-likeness (QED) is 0.220. The topological polar surface area (TPSA) is 178 Å². The molecule has 0 saturated carbocycles. The van der Waals surface area contributed by atoms with Crippen LogP contribution in [0.25, 0.3) is 0 Å². The van der Waals surface area contributed by atoms with Gasteiger partial charge in [0.05, 0.1) is 5.97 Å². The van der Waals surface area contributed by atoms with Crippen molar-refractivity contribution in [1.29, 1.82) is 0 Å². The Balaban J connectivity index is -0.0000000577. The minimum absolute atomic E-state index is 0. The number of hydrogen-bond acceptors (Lipinski definition) is 8. The molecule has 0 unspecified atom stereocenters. The van der Waals surface area contributed by atoms with Gasteiger partial charge in [-0.15, -0.1) is 0 Å². The van der Waals surface area contributed by atoms with E-state index in [4.69, 9.17) is 0 Å². The van der Waals surface area contributed by atoms with E-state index in [1.54, 1.807) is 54.7 Å². The third-order valence-electron chi connectivity index (χ3n) is 5.04. The van der Waals surface area contributed by atoms with Crippen LogP contribution in [-0.4, -0.2) is 5.97 Å². The molecule has 8 nitrogen and oxygen atoms in total. The third-order valence-corrected chi connectivity index (χ3v) is 5.04. The average molecular weight is 829 g/mol. The predicted molar refractivity (Wildman–Crippen MR) is 187 cm³/mol. The summed E-state index contributed by atoms with van der Waals surface area (Å²) >= 11 is 0. The summed E-state index contributed by atoms with van der Waals surface area (Å²) in [6, 6.07) is 0. The van der Waals surface area contributed by atoms with E-state index in [0.29, 0.717) is 12.0 Å². The molecule has 0 fully saturated rings. The third kappa shape index (κ3) is 35.5. The summed E-state index contributed by atoms with van der Waals surface area (Å²) in [6.45, 7) is 0. The molecule has 0 saturated heterocycles. The van der Waals surface area contributed by atoms with E-state index in [-0.39, 0.29) is 112 Å². The summed E-state index contributed by atoms with van der Waals surface area (Å²) in [4.78, 5) is 9.98. The fraction of sp³-hybridized carbons (Fsp3) is 0.0750. The van der Waals surface area contributed by atoms with Crippen LogP contribution >= 0.6 is 0 Å². The van der Waals surface area contributed by atoms with E-state index in [0.717, 1.165) is 12.8 Å². The van der Waals surface area contributed by atoms with Crippen molar-refractivity contribution in [1.82, 2.24) is 0 Å². The second-order valence-corrected chi connectivity index (χ2v) is 8.18. The molecule has 0 bridgehead atoms. The zero-order chi connectivity index (χ0) is 31.0. The molecule has 6 rings (SSSR count). The molecule has 0 aromatic carbocycles. The summed E-state index contributed by atoms with van der Waals surface area (Å²) in [5.74, 6) is -4.41. The maximum Gasteiger partial charge on any atom is 4.00 e. The summed E-state index contributed by atoms with van der Waals surface area (Å²) in [6.07, 6.45) is 43.5. The van der Waals surface area contributed by atoms with E-state index in [1.165, 1.54) is 36.5 Å². The Morgan fingerprint density at radius 1 is 0.431 bits per heavy atom. The molecular weight excluding hydrogens is 782 g/mol. The van der Waals surface area contributed by atoms with Crippen LogP contribution in [0.3, 0.4) is 0 Å². The van der Waals surface area contributed by atoms with Gasteiger partial charge in [0, 0.05) is 0 Å². The van der Waals surface area contributed by atoms with Gasteiger partial charge in [-0.05, 0) is 41.6 Å². The van der Waals surface area contributed by atoms with E-state index in [1.807, 2.05) is 0 Å². The summed E-state index contributed by atoms with van der Waals surface area (Å²) in [5.41, 5.74) is 1.09. The van der Waals surface area contributed by atoms with E-state index in [2.05, 4.69) is 48.6 Å². The molecule has 0 aliphatic heterocycles. The maximum atomic E-state index is 9.98. The van der Waals surface area contributed by atoms with Crippen LogP contribution in [-0.2, 0) is 55.1 Å². The number of allylic oxidation sites excluding steroid dienone is 26. The Bertz CT molecular complexity index is 1190. The second-order valence-electron chi connectivity index (χ2n) is 8.18. The van der Waals surface area contributed by atoms with Gasteiger partial charge in [0.2, 0.25) is 0 Å². The summed E-state index contributed by atoms with van der Waals surface area (Å²) in [5, 5.41) is 69.7. The number of rotatable bonds is 1. The first-order chi connectivity index (χ1) is 20.2. The molecule has 6 aliphatic carbocycles. The van der Waals surface area contributed by atoms with Crippen LogP contribution in [0.1, 0.15) is 19.3 Å². The normalized spacial score (nSPS) is 13.2. The Morgan fingerprint density at radius 2 is 0.686 bits per heavy atom. The second kappa shape index (κ2) is 43.9. The molecular formula is C40H47CoFeNiO8-4. The smallest absolute Gasteiger partial charge is 0.884 e. The van der Waals surface area contributed by atoms with Gasteiger partial charge in [0.1, 0.15) is 0 Å². The Hall–Kier alpha value is -4.11. The van der Waals surface area contributed by atoms with Crippen molar-refractivity contribution in [2.45, 2.75) is 19.3 Å². The Morgan fingerprint density at radius 3 is 0.784 bits per heavy atom. The number of carbonyl (C=O) groups is 1. The minimum Gasteiger partial charge on any atom is -0.884 e. The van der Waals surface area contributed by atoms with Gasteiger partial charge in [0.25, 0.3) is 0 Å². The zero-order valence-corrected chi connectivity index (χ0v) is 32.8. The van der Waals surface area contributed by atoms with Crippen molar-refractivity contribution in [3.8, 4) is 0 Å². The molecule has 0 amide bonds. The van der Waals surface area contributed by atoms with E-state index < -0.39 is 23.8 Å². The van der Waals surface area contributed by atoms with Crippen LogP contribution < -0.4 is 35.7 Å². The van der Waals surface area contributed by atoms with Crippen molar-refractivity contribution < 1.29 is 90.9 Å². The molecule has 0 radical (unpaired) electrons. The van der Waals surface area contributed by atoms with Crippen LogP contribution in [0.5, 0.6) is 0 Å². The minimum atomic E-state index is -1.12. The Labute approximate surface area is 338 Å². The van der Waals surface area contributed by atoms with Crippen molar-refractivity contribution in [2.24, 2.45) is 0 Å². The largest absolute Gasteiger partial charge is 4.00 e. The van der Waals surface area contributed by atoms with Gasteiger partial charge >= 0.3 is 50.3 Å². The molecule has 11 heteroatoms. The molecule has 0 atom stereocenters. The molecule has 0 spiro atoms. The molecule has 51 heavy (non-hydrogen) atoms. The zero-order valence-electron chi connectivity index (χ0n) is 29.7. The molecule has 6 aliphatic rings. The first-order valence-electron chi connectivity index (χ1n) is 12.7. The van der Waals surface area contributed by atoms with Gasteiger partial charge in [-0.2, -0.15) is 17.8 Å². The first kappa shape index (κ1) is 68.8. The number of carboxylic acid groups (broad SMARTS) is 1. The number of hydrogen-bond donors (Lipinski definition) is 0. The Kier molecular flexibility index (Phi) is 59.2. The van der Waals surface area contributed by atoms with Crippen LogP contribution in [0, 0.1) is 44.6 Å². The van der Waals surface area contributed by atoms with Gasteiger partial charge < -0.3 is 85.1 Å². The van der Waals surface area contributed by atoms with E-state index >= 15 is 0 Å². The number of carbonyl (C=O) groups excluding carboxylic acids is 1. The van der Waals surface area contributed by atoms with Gasteiger partial charge in [0.15, 0.2) is 0 Å². The summed E-state index contributed by atoms with van der Waals surface area (Å²) in [7, 11) is 0. The first-order valence-corrected chi connectivity index (χ1v) is 12.7. The van der Waals surface area contributed by atoms with E-state index in [9.17, 15) is 40.5 Å². The molecule has 0 aromatic heterocycles. The molecule has 0 N–H and O–H groups in total. The molecule has 0 aromatic rings. The fourth-order valence-corrected chi connectivity index (χ4v) is 2.91. The fourth-order valence-electron chi connectivity index (χ4n) is 2.91. The number of aliphatic carboxylic acids is 1. The monoisotopic (exact) mass is 828 g/mol. The average Bonchev–Trinajstić information content (AvgIpc) is 3.85. The number of carboxylic acids is 1. The standard InChI is InChI=1S/4C6H6O2.2C5H6.6CH3.Co.Fe.Ni/c4*7-6(8)5-3-1-2-4-5;2*1-2-4-5-3-1;;;;;;;;;/h1-3H,4H2,(H,7,8);3*1-4,7-8H;2*1-4H,5H2;6*1H3;;;/q;;;;;;6*-1;+3;+4;+2/p-7. The van der Waals surface area contributed by atoms with Crippen molar-refractivity contribution in [3.63, 3.8) is 0 Å². The van der Waals surface area contributed by atoms with Crippen LogP contribution in [0.4, 0.5) is 0 Å². The van der Waals surface area contributed by atoms with Crippen LogP contribution in [0.15, 0.2) is 180 Å². The molecule has 0 heterocycles. The predicted octanol–water partition coefficient (Wildman–Crippen LogP) is 2.46. The van der Waals surface area contributed by atoms with Crippen molar-refractivity contribution in [2.75, 3.05) is 0 Å².